The van der Waals surface area contributed by atoms with Crippen molar-refractivity contribution in [3.8, 4) is 5.69 Å². The molecule has 0 spiro atoms. The molecule has 25 heavy (non-hydrogen) atoms. The standard InChI is InChI=1S/C19H18N4OS/c1-11-7-3-5-9-14(11)23-17(24)16-13-8-4-6-10-15(13)25-18(16)22-12(2)20-21-19(22)23/h3,5,7,9H,4,6,8,10H2,1-2H3. The van der Waals surface area contributed by atoms with Crippen LogP contribution in [0.5, 0.6) is 0 Å². The van der Waals surface area contributed by atoms with Crippen LogP contribution in [0.4, 0.5) is 0 Å². The second-order valence-corrected chi connectivity index (χ2v) is 7.78. The van der Waals surface area contributed by atoms with E-state index >= 15 is 0 Å². The topological polar surface area (TPSA) is 52.2 Å². The van der Waals surface area contributed by atoms with Gasteiger partial charge >= 0.3 is 0 Å². The molecule has 126 valence electrons. The Bertz CT molecular complexity index is 1200. The van der Waals surface area contributed by atoms with Crippen LogP contribution < -0.4 is 5.56 Å². The first-order valence-corrected chi connectivity index (χ1v) is 9.45. The molecule has 1 aliphatic carbocycles. The highest BCUT2D eigenvalue weighted by Gasteiger charge is 2.24. The minimum atomic E-state index is 0.0311. The second kappa shape index (κ2) is 5.26. The van der Waals surface area contributed by atoms with E-state index in [9.17, 15) is 4.79 Å². The molecule has 1 aromatic carbocycles. The fourth-order valence-electron chi connectivity index (χ4n) is 3.90. The Morgan fingerprint density at radius 3 is 2.72 bits per heavy atom. The number of nitrogens with zero attached hydrogens (tertiary/aromatic N) is 4. The predicted octanol–water partition coefficient (Wildman–Crippen LogP) is 3.59. The van der Waals surface area contributed by atoms with E-state index in [0.29, 0.717) is 5.78 Å². The molecule has 0 atom stereocenters. The van der Waals surface area contributed by atoms with Crippen molar-refractivity contribution in [2.75, 3.05) is 0 Å². The van der Waals surface area contributed by atoms with Gasteiger partial charge in [-0.15, -0.1) is 21.5 Å². The van der Waals surface area contributed by atoms with Crippen LogP contribution in [0.25, 0.3) is 21.7 Å². The van der Waals surface area contributed by atoms with Crippen molar-refractivity contribution in [2.45, 2.75) is 39.5 Å². The summed E-state index contributed by atoms with van der Waals surface area (Å²) in [7, 11) is 0. The molecule has 0 saturated heterocycles. The van der Waals surface area contributed by atoms with E-state index in [4.69, 9.17) is 0 Å². The number of hydrogen-bond donors (Lipinski definition) is 0. The van der Waals surface area contributed by atoms with Gasteiger partial charge in [-0.3, -0.25) is 9.20 Å². The molecule has 6 heteroatoms. The molecule has 3 aromatic heterocycles. The number of rotatable bonds is 1. The zero-order valence-corrected chi connectivity index (χ0v) is 15.1. The van der Waals surface area contributed by atoms with Gasteiger partial charge in [0.05, 0.1) is 11.1 Å². The molecule has 1 aliphatic rings. The smallest absolute Gasteiger partial charge is 0.268 e. The predicted molar refractivity (Wildman–Crippen MR) is 100 cm³/mol. The second-order valence-electron chi connectivity index (χ2n) is 6.70. The van der Waals surface area contributed by atoms with Crippen molar-refractivity contribution in [2.24, 2.45) is 0 Å². The summed E-state index contributed by atoms with van der Waals surface area (Å²) < 4.78 is 3.78. The van der Waals surface area contributed by atoms with Gasteiger partial charge in [-0.05, 0) is 56.7 Å². The minimum Gasteiger partial charge on any atom is -0.268 e. The third kappa shape index (κ3) is 1.97. The van der Waals surface area contributed by atoms with E-state index in [0.717, 1.165) is 46.6 Å². The summed E-state index contributed by atoms with van der Waals surface area (Å²) in [4.78, 5) is 15.9. The van der Waals surface area contributed by atoms with Crippen molar-refractivity contribution in [1.82, 2.24) is 19.2 Å². The molecule has 3 heterocycles. The number of thiophene rings is 1. The minimum absolute atomic E-state index is 0.0311. The maximum absolute atomic E-state index is 13.5. The lowest BCUT2D eigenvalue weighted by atomic mass is 9.97. The van der Waals surface area contributed by atoms with Gasteiger partial charge in [-0.1, -0.05) is 18.2 Å². The van der Waals surface area contributed by atoms with Gasteiger partial charge < -0.3 is 0 Å². The molecule has 0 unspecified atom stereocenters. The third-order valence-corrected chi connectivity index (χ3v) is 6.41. The fourth-order valence-corrected chi connectivity index (χ4v) is 5.32. The van der Waals surface area contributed by atoms with E-state index in [1.54, 1.807) is 15.9 Å². The van der Waals surface area contributed by atoms with Crippen molar-refractivity contribution < 1.29 is 0 Å². The van der Waals surface area contributed by atoms with Gasteiger partial charge in [0, 0.05) is 4.88 Å². The Morgan fingerprint density at radius 2 is 1.88 bits per heavy atom. The zero-order valence-electron chi connectivity index (χ0n) is 14.2. The van der Waals surface area contributed by atoms with Crippen LogP contribution in [0, 0.1) is 13.8 Å². The number of para-hydroxylation sites is 1. The Balaban J connectivity index is 2.03. The van der Waals surface area contributed by atoms with E-state index in [1.807, 2.05) is 42.5 Å². The van der Waals surface area contributed by atoms with Gasteiger partial charge in [0.15, 0.2) is 0 Å². The van der Waals surface area contributed by atoms with Gasteiger partial charge in [-0.2, -0.15) is 0 Å². The largest absolute Gasteiger partial charge is 0.268 e. The summed E-state index contributed by atoms with van der Waals surface area (Å²) in [6.07, 6.45) is 4.42. The number of benzene rings is 1. The number of aromatic nitrogens is 4. The monoisotopic (exact) mass is 350 g/mol. The third-order valence-electron chi connectivity index (χ3n) is 5.14. The van der Waals surface area contributed by atoms with Crippen molar-refractivity contribution in [3.63, 3.8) is 0 Å². The highest BCUT2D eigenvalue weighted by molar-refractivity contribution is 7.18. The van der Waals surface area contributed by atoms with Crippen LogP contribution in [0.15, 0.2) is 29.1 Å². The van der Waals surface area contributed by atoms with Crippen LogP contribution in [-0.2, 0) is 12.8 Å². The van der Waals surface area contributed by atoms with Gasteiger partial charge in [-0.25, -0.2) is 4.57 Å². The molecule has 0 bridgehead atoms. The summed E-state index contributed by atoms with van der Waals surface area (Å²) in [6.45, 7) is 3.97. The van der Waals surface area contributed by atoms with E-state index < -0.39 is 0 Å². The van der Waals surface area contributed by atoms with Crippen molar-refractivity contribution in [3.05, 3.63) is 56.4 Å². The van der Waals surface area contributed by atoms with E-state index in [-0.39, 0.29) is 5.56 Å². The molecule has 5 nitrogen and oxygen atoms in total. The number of fused-ring (bicyclic) bond motifs is 5. The Labute approximate surface area is 148 Å². The lowest BCUT2D eigenvalue weighted by Gasteiger charge is -2.13. The van der Waals surface area contributed by atoms with Crippen LogP contribution in [0.2, 0.25) is 0 Å². The van der Waals surface area contributed by atoms with E-state index in [2.05, 4.69) is 10.2 Å². The van der Waals surface area contributed by atoms with Crippen LogP contribution in [0.3, 0.4) is 0 Å². The summed E-state index contributed by atoms with van der Waals surface area (Å²) >= 11 is 1.74. The first kappa shape index (κ1) is 14.8. The van der Waals surface area contributed by atoms with Crippen LogP contribution in [-0.4, -0.2) is 19.2 Å². The normalized spacial score (nSPS) is 14.3. The molecule has 4 aromatic rings. The van der Waals surface area contributed by atoms with Crippen LogP contribution in [0.1, 0.15) is 34.7 Å². The Hall–Kier alpha value is -2.47. The zero-order chi connectivity index (χ0) is 17.1. The van der Waals surface area contributed by atoms with Gasteiger partial charge in [0.2, 0.25) is 5.78 Å². The quantitative estimate of drug-likeness (QED) is 0.527. The van der Waals surface area contributed by atoms with Crippen molar-refractivity contribution >= 4 is 27.3 Å². The first-order valence-electron chi connectivity index (χ1n) is 8.64. The molecular weight excluding hydrogens is 332 g/mol. The maximum Gasteiger partial charge on any atom is 0.268 e. The molecule has 0 amide bonds. The summed E-state index contributed by atoms with van der Waals surface area (Å²) in [5.74, 6) is 1.42. The lowest BCUT2D eigenvalue weighted by molar-refractivity contribution is 0.699. The molecular formula is C19H18N4OS. The lowest BCUT2D eigenvalue weighted by Crippen LogP contribution is -2.23. The van der Waals surface area contributed by atoms with Gasteiger partial charge in [0.1, 0.15) is 10.7 Å². The first-order chi connectivity index (χ1) is 12.2. The molecule has 0 N–H and O–H groups in total. The number of aryl methyl sites for hydroxylation is 4. The SMILES string of the molecule is Cc1ccccc1-n1c(=O)c2c3c(sc2n2c(C)nnc12)CCCC3. The highest BCUT2D eigenvalue weighted by atomic mass is 32.1. The number of hydrogen-bond acceptors (Lipinski definition) is 4. The summed E-state index contributed by atoms with van der Waals surface area (Å²) in [6, 6.07) is 7.95. The average Bonchev–Trinajstić information content (AvgIpc) is 3.17. The molecule has 0 fully saturated rings. The molecule has 5 rings (SSSR count). The molecule has 0 saturated carbocycles. The van der Waals surface area contributed by atoms with Crippen molar-refractivity contribution in [1.29, 1.82) is 0 Å². The molecule has 0 radical (unpaired) electrons. The fraction of sp³-hybridized carbons (Fsp3) is 0.316. The van der Waals surface area contributed by atoms with Gasteiger partial charge in [0.25, 0.3) is 5.56 Å². The average molecular weight is 350 g/mol. The highest BCUT2D eigenvalue weighted by Crippen LogP contribution is 2.35. The maximum atomic E-state index is 13.5. The summed E-state index contributed by atoms with van der Waals surface area (Å²) in [5.41, 5.74) is 3.20. The Morgan fingerprint density at radius 1 is 1.08 bits per heavy atom. The molecule has 0 aliphatic heterocycles. The van der Waals surface area contributed by atoms with Crippen LogP contribution >= 0.6 is 11.3 Å². The van der Waals surface area contributed by atoms with E-state index in [1.165, 1.54) is 16.9 Å². The summed E-state index contributed by atoms with van der Waals surface area (Å²) in [5, 5.41) is 9.46. The Kier molecular flexibility index (Phi) is 3.12.